The van der Waals surface area contributed by atoms with Crippen LogP contribution in [0.25, 0.3) is 0 Å². The molecule has 0 aromatic heterocycles. The summed E-state index contributed by atoms with van der Waals surface area (Å²) in [6.07, 6.45) is 19.0. The Hall–Kier alpha value is 0.797. The highest BCUT2D eigenvalue weighted by Crippen LogP contribution is 2.30. The molecule has 0 aliphatic heterocycles. The second-order valence-electron chi connectivity index (χ2n) is 6.10. The van der Waals surface area contributed by atoms with Gasteiger partial charge in [0.2, 0.25) is 0 Å². The van der Waals surface area contributed by atoms with Crippen LogP contribution < -0.4 is 0 Å². The van der Waals surface area contributed by atoms with Gasteiger partial charge in [0.25, 0.3) is 7.42 Å². The average Bonchev–Trinajstić information content (AvgIpc) is 2.43. The molecule has 0 aromatic rings. The zero-order chi connectivity index (χ0) is 15.1. The Balaban J connectivity index is 3.51. The van der Waals surface area contributed by atoms with Crippen LogP contribution in [0.15, 0.2) is 0 Å². The van der Waals surface area contributed by atoms with Crippen molar-refractivity contribution >= 4 is 29.6 Å². The van der Waals surface area contributed by atoms with Gasteiger partial charge >= 0.3 is 0 Å². The molecular weight excluding hydrogens is 303 g/mol. The van der Waals surface area contributed by atoms with E-state index < -0.39 is 7.42 Å². The van der Waals surface area contributed by atoms with E-state index in [-0.39, 0.29) is 0 Å². The molecule has 0 atom stereocenters. The van der Waals surface area contributed by atoms with Gasteiger partial charge in [-0.3, -0.25) is 0 Å². The molecule has 0 aliphatic rings. The smallest absolute Gasteiger partial charge is 0.146 e. The Bertz CT molecular complexity index is 170. The monoisotopic (exact) mass is 337 g/mol. The molecule has 0 rings (SSSR count). The summed E-state index contributed by atoms with van der Waals surface area (Å²) in [6, 6.07) is 0. The molecule has 0 unspecified atom stereocenters. The molecule has 0 aliphatic carbocycles. The second-order valence-corrected chi connectivity index (χ2v) is 10.5. The topological polar surface area (TPSA) is 0 Å². The first-order valence-electron chi connectivity index (χ1n) is 8.90. The van der Waals surface area contributed by atoms with Gasteiger partial charge in [0.05, 0.1) is 0 Å². The van der Waals surface area contributed by atoms with Crippen molar-refractivity contribution in [3.05, 3.63) is 0 Å². The normalized spacial score (nSPS) is 11.7. The molecule has 0 nitrogen and oxygen atoms in total. The van der Waals surface area contributed by atoms with Crippen molar-refractivity contribution in [2.45, 2.75) is 109 Å². The minimum absolute atomic E-state index is 0.626. The lowest BCUT2D eigenvalue weighted by Gasteiger charge is -2.16. The van der Waals surface area contributed by atoms with Gasteiger partial charge in [-0.2, -0.15) is 0 Å². The van der Waals surface area contributed by atoms with E-state index in [0.29, 0.717) is 5.54 Å². The average molecular weight is 338 g/mol. The summed E-state index contributed by atoms with van der Waals surface area (Å²) in [7, 11) is -1.12. The maximum atomic E-state index is 6.24. The first kappa shape index (κ1) is 20.8. The Labute approximate surface area is 139 Å². The minimum Gasteiger partial charge on any atom is -0.146 e. The molecule has 20 heavy (non-hydrogen) atoms. The van der Waals surface area contributed by atoms with E-state index >= 15 is 0 Å². The molecule has 0 amide bonds. The third kappa shape index (κ3) is 13.8. The van der Waals surface area contributed by atoms with Crippen molar-refractivity contribution in [2.24, 2.45) is 0 Å². The van der Waals surface area contributed by atoms with Crippen LogP contribution in [-0.4, -0.2) is 7.42 Å². The quantitative estimate of drug-likeness (QED) is 0.162. The summed E-state index contributed by atoms with van der Waals surface area (Å²) in [5.74, 6) is 0. The van der Waals surface area contributed by atoms with Crippen LogP contribution in [0.4, 0.5) is 0 Å². The Morgan fingerprint density at radius 3 is 1.30 bits per heavy atom. The van der Waals surface area contributed by atoms with E-state index in [2.05, 4.69) is 13.8 Å². The molecule has 0 saturated carbocycles. The second kappa shape index (κ2) is 16.2. The van der Waals surface area contributed by atoms with Gasteiger partial charge in [-0.15, -0.1) is 22.2 Å². The molecule has 0 saturated heterocycles. The number of hydrogen-bond donors (Lipinski definition) is 0. The number of rotatable bonds is 15. The van der Waals surface area contributed by atoms with E-state index in [1.165, 1.54) is 89.9 Å². The summed E-state index contributed by atoms with van der Waals surface area (Å²) in [5, 5.41) is 0. The van der Waals surface area contributed by atoms with Gasteiger partial charge in [-0.1, -0.05) is 104 Å². The van der Waals surface area contributed by atoms with Crippen molar-refractivity contribution < 1.29 is 0 Å². The fraction of sp³-hybridized carbons (Fsp3) is 1.00. The maximum absolute atomic E-state index is 6.24. The standard InChI is InChI=1S/C17H35Cl2Si/c1-3-5-7-9-11-13-15-17(20(18)19)16-14-12-10-8-6-4-2/h17H,3-16H2,1-2H3. The van der Waals surface area contributed by atoms with Gasteiger partial charge in [-0.25, -0.2) is 0 Å². The molecule has 121 valence electrons. The molecule has 0 N–H and O–H groups in total. The van der Waals surface area contributed by atoms with E-state index in [9.17, 15) is 0 Å². The zero-order valence-corrected chi connectivity index (χ0v) is 16.2. The predicted octanol–water partition coefficient (Wildman–Crippen LogP) is 7.82. The summed E-state index contributed by atoms with van der Waals surface area (Å²) in [4.78, 5) is 0. The van der Waals surface area contributed by atoms with Gasteiger partial charge in [0.1, 0.15) is 0 Å². The molecular formula is C17H35Cl2Si. The fourth-order valence-electron chi connectivity index (χ4n) is 2.70. The lowest BCUT2D eigenvalue weighted by atomic mass is 10.0. The minimum atomic E-state index is -1.12. The van der Waals surface area contributed by atoms with Crippen LogP contribution in [-0.2, 0) is 0 Å². The third-order valence-corrected chi connectivity index (χ3v) is 7.17. The number of hydrogen-bond acceptors (Lipinski definition) is 0. The highest BCUT2D eigenvalue weighted by atomic mass is 35.7. The van der Waals surface area contributed by atoms with Gasteiger partial charge in [0, 0.05) is 0 Å². The molecule has 3 heteroatoms. The molecule has 1 radical (unpaired) electrons. The third-order valence-electron chi connectivity index (χ3n) is 4.12. The van der Waals surface area contributed by atoms with Crippen LogP contribution in [0.3, 0.4) is 0 Å². The van der Waals surface area contributed by atoms with E-state index in [4.69, 9.17) is 22.2 Å². The summed E-state index contributed by atoms with van der Waals surface area (Å²) in [6.45, 7) is 4.54. The Morgan fingerprint density at radius 2 is 0.950 bits per heavy atom. The predicted molar refractivity (Wildman–Crippen MR) is 97.2 cm³/mol. The highest BCUT2D eigenvalue weighted by molar-refractivity contribution is 7.34. The first-order valence-corrected chi connectivity index (χ1v) is 12.5. The van der Waals surface area contributed by atoms with Crippen molar-refractivity contribution in [2.75, 3.05) is 0 Å². The Morgan fingerprint density at radius 1 is 0.600 bits per heavy atom. The highest BCUT2D eigenvalue weighted by Gasteiger charge is 2.19. The van der Waals surface area contributed by atoms with Crippen molar-refractivity contribution in [1.29, 1.82) is 0 Å². The zero-order valence-electron chi connectivity index (χ0n) is 13.7. The molecule has 0 fully saturated rings. The number of unbranched alkanes of at least 4 members (excludes halogenated alkanes) is 10. The van der Waals surface area contributed by atoms with Crippen molar-refractivity contribution in [1.82, 2.24) is 0 Å². The van der Waals surface area contributed by atoms with Gasteiger partial charge < -0.3 is 0 Å². The van der Waals surface area contributed by atoms with E-state index in [1.807, 2.05) is 0 Å². The maximum Gasteiger partial charge on any atom is 0.277 e. The van der Waals surface area contributed by atoms with Crippen LogP contribution >= 0.6 is 22.2 Å². The van der Waals surface area contributed by atoms with Crippen LogP contribution in [0.1, 0.15) is 104 Å². The van der Waals surface area contributed by atoms with Crippen molar-refractivity contribution in [3.8, 4) is 0 Å². The van der Waals surface area contributed by atoms with Crippen molar-refractivity contribution in [3.63, 3.8) is 0 Å². The van der Waals surface area contributed by atoms with Gasteiger partial charge in [-0.05, 0) is 5.54 Å². The SMILES string of the molecule is CCCCCCCCC(CCCCCCCC)[Si](Cl)Cl. The van der Waals surface area contributed by atoms with Crippen LogP contribution in [0.2, 0.25) is 5.54 Å². The lowest BCUT2D eigenvalue weighted by Crippen LogP contribution is -2.07. The molecule has 0 heterocycles. The summed E-state index contributed by atoms with van der Waals surface area (Å²) < 4.78 is 0. The first-order chi connectivity index (χ1) is 9.72. The largest absolute Gasteiger partial charge is 0.277 e. The van der Waals surface area contributed by atoms with E-state index in [1.54, 1.807) is 0 Å². The molecule has 0 bridgehead atoms. The fourth-order valence-corrected chi connectivity index (χ4v) is 4.86. The molecule has 0 spiro atoms. The van der Waals surface area contributed by atoms with Gasteiger partial charge in [0.15, 0.2) is 0 Å². The summed E-state index contributed by atoms with van der Waals surface area (Å²) in [5.41, 5.74) is 0.626. The van der Waals surface area contributed by atoms with Crippen LogP contribution in [0, 0.1) is 0 Å². The molecule has 0 aromatic carbocycles. The number of halogens is 2. The lowest BCUT2D eigenvalue weighted by molar-refractivity contribution is 0.533. The van der Waals surface area contributed by atoms with Crippen LogP contribution in [0.5, 0.6) is 0 Å². The van der Waals surface area contributed by atoms with E-state index in [0.717, 1.165) is 0 Å². The Kier molecular flexibility index (Phi) is 16.8. The summed E-state index contributed by atoms with van der Waals surface area (Å²) >= 11 is 12.5.